The molecule has 0 heterocycles. The summed E-state index contributed by atoms with van der Waals surface area (Å²) in [6.07, 6.45) is 17.0. The van der Waals surface area contributed by atoms with E-state index in [1.54, 1.807) is 0 Å². The SMILES string of the molecule is CC1CCC(C(=O)OCC2CCC(C(C)(C)C)CC2CCCC(C)(C)C)C(C(=O)OCC2CCC(C(C)(C)C)CC2CCCC(C)(C)C)C1. The van der Waals surface area contributed by atoms with Gasteiger partial charge in [-0.05, 0) is 134 Å². The van der Waals surface area contributed by atoms with Crippen molar-refractivity contribution >= 4 is 11.9 Å². The molecule has 3 fully saturated rings. The first kappa shape index (κ1) is 42.4. The van der Waals surface area contributed by atoms with Crippen LogP contribution in [0.4, 0.5) is 0 Å². The van der Waals surface area contributed by atoms with Crippen LogP contribution in [-0.4, -0.2) is 25.2 Å². The van der Waals surface area contributed by atoms with Gasteiger partial charge in [0, 0.05) is 0 Å². The van der Waals surface area contributed by atoms with Gasteiger partial charge in [-0.15, -0.1) is 0 Å². The van der Waals surface area contributed by atoms with E-state index >= 15 is 0 Å². The molecule has 9 atom stereocenters. The summed E-state index contributed by atoms with van der Waals surface area (Å²) in [5.74, 6) is 2.88. The maximum absolute atomic E-state index is 13.8. The van der Waals surface area contributed by atoms with E-state index in [4.69, 9.17) is 9.47 Å². The molecule has 0 spiro atoms. The van der Waals surface area contributed by atoms with Gasteiger partial charge in [-0.1, -0.05) is 116 Å². The quantitative estimate of drug-likeness (QED) is 0.192. The Kier molecular flexibility index (Phi) is 15.2. The van der Waals surface area contributed by atoms with Crippen molar-refractivity contribution in [3.63, 3.8) is 0 Å². The second-order valence-electron chi connectivity index (χ2n) is 22.1. The van der Waals surface area contributed by atoms with Crippen LogP contribution in [0.15, 0.2) is 0 Å². The van der Waals surface area contributed by atoms with E-state index in [2.05, 4.69) is 90.0 Å². The van der Waals surface area contributed by atoms with Gasteiger partial charge in [0.15, 0.2) is 0 Å². The van der Waals surface area contributed by atoms with Crippen LogP contribution in [0.3, 0.4) is 0 Å². The summed E-state index contributed by atoms with van der Waals surface area (Å²) in [5.41, 5.74) is 1.32. The Morgan fingerprint density at radius 3 is 1.31 bits per heavy atom. The first-order chi connectivity index (χ1) is 22.5. The lowest BCUT2D eigenvalue weighted by Gasteiger charge is -2.42. The Morgan fingerprint density at radius 1 is 0.510 bits per heavy atom. The highest BCUT2D eigenvalue weighted by Gasteiger charge is 2.43. The zero-order valence-electron chi connectivity index (χ0n) is 34.8. The minimum atomic E-state index is -0.374. The summed E-state index contributed by atoms with van der Waals surface area (Å²) < 4.78 is 12.4. The molecule has 0 N–H and O–H groups in total. The van der Waals surface area contributed by atoms with Gasteiger partial charge < -0.3 is 9.47 Å². The van der Waals surface area contributed by atoms with Crippen LogP contribution >= 0.6 is 0 Å². The molecule has 0 radical (unpaired) electrons. The van der Waals surface area contributed by atoms with Crippen LogP contribution in [0.2, 0.25) is 0 Å². The third-order valence-electron chi connectivity index (χ3n) is 13.3. The summed E-state index contributed by atoms with van der Waals surface area (Å²) in [5, 5.41) is 0. The zero-order valence-corrected chi connectivity index (χ0v) is 34.8. The Labute approximate surface area is 304 Å². The average Bonchev–Trinajstić information content (AvgIpc) is 2.97. The predicted octanol–water partition coefficient (Wildman–Crippen LogP) is 12.7. The number of hydrogen-bond donors (Lipinski definition) is 0. The second kappa shape index (κ2) is 17.6. The van der Waals surface area contributed by atoms with Gasteiger partial charge in [0.2, 0.25) is 0 Å². The van der Waals surface area contributed by atoms with E-state index in [1.165, 1.54) is 64.2 Å². The van der Waals surface area contributed by atoms with Crippen LogP contribution in [-0.2, 0) is 19.1 Å². The van der Waals surface area contributed by atoms with E-state index < -0.39 is 0 Å². The summed E-state index contributed by atoms with van der Waals surface area (Å²) in [4.78, 5) is 27.6. The molecule has 0 amide bonds. The van der Waals surface area contributed by atoms with Crippen LogP contribution in [0.1, 0.15) is 186 Å². The molecule has 3 aliphatic carbocycles. The number of rotatable bonds is 12. The molecular formula is C45H82O4. The number of carbonyl (C=O) groups is 2. The average molecular weight is 687 g/mol. The normalized spacial score (nSPS) is 32.1. The lowest BCUT2D eigenvalue weighted by molar-refractivity contribution is -0.166. The highest BCUT2D eigenvalue weighted by Crippen LogP contribution is 2.47. The first-order valence-corrected chi connectivity index (χ1v) is 20.9. The zero-order chi connectivity index (χ0) is 36.8. The van der Waals surface area contributed by atoms with Gasteiger partial charge in [0.1, 0.15) is 0 Å². The predicted molar refractivity (Wildman–Crippen MR) is 206 cm³/mol. The Morgan fingerprint density at radius 2 is 0.918 bits per heavy atom. The third-order valence-corrected chi connectivity index (χ3v) is 13.3. The number of hydrogen-bond acceptors (Lipinski definition) is 4. The monoisotopic (exact) mass is 687 g/mol. The van der Waals surface area contributed by atoms with Crippen LogP contribution < -0.4 is 0 Å². The lowest BCUT2D eigenvalue weighted by Crippen LogP contribution is -2.40. The molecule has 0 saturated heterocycles. The van der Waals surface area contributed by atoms with Gasteiger partial charge in [0.25, 0.3) is 0 Å². The lowest BCUT2D eigenvalue weighted by atomic mass is 9.64. The van der Waals surface area contributed by atoms with Crippen molar-refractivity contribution in [2.75, 3.05) is 13.2 Å². The first-order valence-electron chi connectivity index (χ1n) is 20.9. The molecule has 4 heteroatoms. The number of ether oxygens (including phenoxy) is 2. The van der Waals surface area contributed by atoms with Gasteiger partial charge >= 0.3 is 11.9 Å². The Hall–Kier alpha value is -1.06. The smallest absolute Gasteiger partial charge is 0.309 e. The van der Waals surface area contributed by atoms with E-state index in [1.807, 2.05) is 0 Å². The van der Waals surface area contributed by atoms with Crippen molar-refractivity contribution in [3.8, 4) is 0 Å². The largest absolute Gasteiger partial charge is 0.465 e. The fraction of sp³-hybridized carbons (Fsp3) is 0.956. The fourth-order valence-corrected chi connectivity index (χ4v) is 9.68. The molecule has 0 aromatic rings. The molecule has 0 aromatic carbocycles. The highest BCUT2D eigenvalue weighted by atomic mass is 16.5. The maximum atomic E-state index is 13.8. The van der Waals surface area contributed by atoms with Gasteiger partial charge in [0.05, 0.1) is 25.0 Å². The van der Waals surface area contributed by atoms with E-state index in [9.17, 15) is 9.59 Å². The molecule has 9 unspecified atom stereocenters. The molecule has 0 aliphatic heterocycles. The Bertz CT molecular complexity index is 1020. The van der Waals surface area contributed by atoms with Crippen molar-refractivity contribution in [1.29, 1.82) is 0 Å². The third kappa shape index (κ3) is 14.1. The van der Waals surface area contributed by atoms with Crippen molar-refractivity contribution in [2.45, 2.75) is 186 Å². The highest BCUT2D eigenvalue weighted by molar-refractivity contribution is 5.82. The molecule has 3 rings (SSSR count). The molecule has 286 valence electrons. The van der Waals surface area contributed by atoms with Crippen molar-refractivity contribution < 1.29 is 19.1 Å². The summed E-state index contributed by atoms with van der Waals surface area (Å²) >= 11 is 0. The standard InChI is InChI=1S/C45H82O4/c1-31-18-23-38(40(46)48-29-34-19-21-36(44(8,9)10)27-32(34)16-14-24-42(2,3)4)39(26-31)41(47)49-30-35-20-22-37(45(11,12)13)28-33(35)17-15-25-43(5,6)7/h31-39H,14-30H2,1-13H3. The minimum Gasteiger partial charge on any atom is -0.465 e. The van der Waals surface area contributed by atoms with E-state index in [0.29, 0.717) is 64.5 Å². The molecule has 0 aromatic heterocycles. The molecule has 49 heavy (non-hydrogen) atoms. The summed E-state index contributed by atoms with van der Waals surface area (Å²) in [6.45, 7) is 31.6. The second-order valence-corrected chi connectivity index (χ2v) is 22.1. The van der Waals surface area contributed by atoms with Crippen LogP contribution in [0.5, 0.6) is 0 Å². The number of esters is 2. The van der Waals surface area contributed by atoms with Crippen LogP contribution in [0.25, 0.3) is 0 Å². The topological polar surface area (TPSA) is 52.6 Å². The molecule has 3 aliphatic rings. The van der Waals surface area contributed by atoms with Gasteiger partial charge in [-0.25, -0.2) is 0 Å². The molecule has 3 saturated carbocycles. The number of carbonyl (C=O) groups excluding carboxylic acids is 2. The summed E-state index contributed by atoms with van der Waals surface area (Å²) in [7, 11) is 0. The van der Waals surface area contributed by atoms with E-state index in [-0.39, 0.29) is 23.8 Å². The minimum absolute atomic E-state index is 0.147. The molecule has 4 nitrogen and oxygen atoms in total. The molecular weight excluding hydrogens is 604 g/mol. The maximum Gasteiger partial charge on any atom is 0.309 e. The van der Waals surface area contributed by atoms with Gasteiger partial charge in [-0.2, -0.15) is 0 Å². The van der Waals surface area contributed by atoms with Crippen LogP contribution in [0, 0.1) is 74.9 Å². The summed E-state index contributed by atoms with van der Waals surface area (Å²) in [6, 6.07) is 0. The van der Waals surface area contributed by atoms with Crippen molar-refractivity contribution in [3.05, 3.63) is 0 Å². The molecule has 0 bridgehead atoms. The fourth-order valence-electron chi connectivity index (χ4n) is 9.68. The Balaban J connectivity index is 1.62. The van der Waals surface area contributed by atoms with Crippen molar-refractivity contribution in [2.24, 2.45) is 74.9 Å². The van der Waals surface area contributed by atoms with E-state index in [0.717, 1.165) is 43.9 Å². The van der Waals surface area contributed by atoms with Crippen molar-refractivity contribution in [1.82, 2.24) is 0 Å². The van der Waals surface area contributed by atoms with Gasteiger partial charge in [-0.3, -0.25) is 9.59 Å².